The van der Waals surface area contributed by atoms with Gasteiger partial charge in [0.2, 0.25) is 5.91 Å². The second-order valence-electron chi connectivity index (χ2n) is 4.16. The molecule has 0 unspecified atom stereocenters. The number of thiophene rings is 1. The minimum absolute atomic E-state index is 0.179. The summed E-state index contributed by atoms with van der Waals surface area (Å²) in [5, 5.41) is 0.593. The molecule has 0 saturated heterocycles. The molecule has 5 nitrogen and oxygen atoms in total. The zero-order chi connectivity index (χ0) is 14.0. The third-order valence-electron chi connectivity index (χ3n) is 2.87. The highest BCUT2D eigenvalue weighted by atomic mass is 32.2. The summed E-state index contributed by atoms with van der Waals surface area (Å²) in [5.74, 6) is 0.550. The average molecular weight is 297 g/mol. The topological polar surface area (TPSA) is 64.0 Å². The zero-order valence-corrected chi connectivity index (χ0v) is 12.7. The number of carbonyl (C=O) groups excluding carboxylic acids is 1. The van der Waals surface area contributed by atoms with Gasteiger partial charge in [0.1, 0.15) is 11.2 Å². The van der Waals surface area contributed by atoms with Crippen LogP contribution in [0.15, 0.2) is 11.1 Å². The molecule has 2 aromatic heterocycles. The maximum atomic E-state index is 12.3. The first-order valence-electron chi connectivity index (χ1n) is 5.80. The number of thioether (sulfide) groups is 1. The Labute approximate surface area is 119 Å². The van der Waals surface area contributed by atoms with E-state index in [1.165, 1.54) is 22.3 Å². The fraction of sp³-hybridized carbons (Fsp3) is 0.417. The molecule has 0 fully saturated rings. The lowest BCUT2D eigenvalue weighted by Crippen LogP contribution is -2.33. The van der Waals surface area contributed by atoms with Gasteiger partial charge in [-0.3, -0.25) is 15.0 Å². The van der Waals surface area contributed by atoms with E-state index in [0.29, 0.717) is 11.8 Å². The predicted octanol–water partition coefficient (Wildman–Crippen LogP) is 1.90. The molecule has 0 radical (unpaired) electrons. The van der Waals surface area contributed by atoms with Crippen LogP contribution in [0.2, 0.25) is 0 Å². The highest BCUT2D eigenvalue weighted by molar-refractivity contribution is 7.98. The summed E-state index contributed by atoms with van der Waals surface area (Å²) in [7, 11) is 0. The van der Waals surface area contributed by atoms with Crippen molar-refractivity contribution in [1.82, 2.24) is 9.66 Å². The fourth-order valence-electron chi connectivity index (χ4n) is 1.70. The van der Waals surface area contributed by atoms with Crippen LogP contribution in [0.5, 0.6) is 0 Å². The van der Waals surface area contributed by atoms with E-state index >= 15 is 0 Å². The standard InChI is InChI=1S/C12H15N3O2S2/c1-7-8(2)19-11-10(7)12(17)15(6-13-11)14-9(16)4-5-18-3/h6H,4-5H2,1-3H3,(H,14,16). The lowest BCUT2D eigenvalue weighted by molar-refractivity contribution is -0.116. The number of aryl methyl sites for hydroxylation is 2. The summed E-state index contributed by atoms with van der Waals surface area (Å²) >= 11 is 3.08. The third-order valence-corrected chi connectivity index (χ3v) is 4.60. The third kappa shape index (κ3) is 2.82. The minimum atomic E-state index is -0.218. The monoisotopic (exact) mass is 297 g/mol. The average Bonchev–Trinajstić information content (AvgIpc) is 2.67. The van der Waals surface area contributed by atoms with E-state index in [2.05, 4.69) is 10.4 Å². The number of hydrogen-bond acceptors (Lipinski definition) is 5. The molecule has 2 heterocycles. The molecule has 1 N–H and O–H groups in total. The van der Waals surface area contributed by atoms with Crippen molar-refractivity contribution in [3.63, 3.8) is 0 Å². The van der Waals surface area contributed by atoms with Crippen LogP contribution < -0.4 is 11.0 Å². The summed E-state index contributed by atoms with van der Waals surface area (Å²) in [6, 6.07) is 0. The smallest absolute Gasteiger partial charge is 0.273 e. The Morgan fingerprint density at radius 3 is 2.95 bits per heavy atom. The molecule has 1 amide bonds. The van der Waals surface area contributed by atoms with Gasteiger partial charge in [-0.25, -0.2) is 9.66 Å². The first-order valence-corrected chi connectivity index (χ1v) is 8.01. The van der Waals surface area contributed by atoms with Gasteiger partial charge in [0.25, 0.3) is 5.56 Å². The number of amides is 1. The van der Waals surface area contributed by atoms with Crippen molar-refractivity contribution in [2.24, 2.45) is 0 Å². The Kier molecular flexibility index (Phi) is 4.26. The number of nitrogens with one attached hydrogen (secondary N) is 1. The van der Waals surface area contributed by atoms with Gasteiger partial charge < -0.3 is 0 Å². The predicted molar refractivity (Wildman–Crippen MR) is 80.7 cm³/mol. The number of nitrogens with zero attached hydrogens (tertiary/aromatic N) is 2. The van der Waals surface area contributed by atoms with Gasteiger partial charge in [0, 0.05) is 17.1 Å². The Bertz CT molecular complexity index is 675. The molecule has 0 aromatic carbocycles. The van der Waals surface area contributed by atoms with Gasteiger partial charge in [0.15, 0.2) is 0 Å². The van der Waals surface area contributed by atoms with E-state index in [1.807, 2.05) is 20.1 Å². The van der Waals surface area contributed by atoms with Crippen LogP contribution in [0.4, 0.5) is 0 Å². The Morgan fingerprint density at radius 2 is 2.26 bits per heavy atom. The van der Waals surface area contributed by atoms with E-state index in [1.54, 1.807) is 11.8 Å². The van der Waals surface area contributed by atoms with Crippen molar-refractivity contribution in [3.05, 3.63) is 27.1 Å². The number of aromatic nitrogens is 2. The molecule has 0 aliphatic heterocycles. The van der Waals surface area contributed by atoms with E-state index < -0.39 is 0 Å². The Balaban J connectivity index is 2.35. The molecule has 2 aromatic rings. The second-order valence-corrected chi connectivity index (χ2v) is 6.35. The van der Waals surface area contributed by atoms with Crippen molar-refractivity contribution in [3.8, 4) is 0 Å². The molecule has 102 valence electrons. The van der Waals surface area contributed by atoms with Gasteiger partial charge in [-0.05, 0) is 25.7 Å². The molecule has 0 bridgehead atoms. The van der Waals surface area contributed by atoms with Gasteiger partial charge in [0.05, 0.1) is 5.39 Å². The van der Waals surface area contributed by atoms with Crippen molar-refractivity contribution in [2.75, 3.05) is 17.4 Å². The minimum Gasteiger partial charge on any atom is -0.273 e. The number of carbonyl (C=O) groups is 1. The van der Waals surface area contributed by atoms with Crippen molar-refractivity contribution in [1.29, 1.82) is 0 Å². The number of rotatable bonds is 4. The van der Waals surface area contributed by atoms with Crippen LogP contribution in [0.1, 0.15) is 16.9 Å². The van der Waals surface area contributed by atoms with Crippen LogP contribution >= 0.6 is 23.1 Å². The largest absolute Gasteiger partial charge is 0.281 e. The van der Waals surface area contributed by atoms with Crippen LogP contribution in [0.25, 0.3) is 10.2 Å². The first-order chi connectivity index (χ1) is 9.04. The normalized spacial score (nSPS) is 10.9. The molecule has 0 saturated carbocycles. The van der Waals surface area contributed by atoms with E-state index in [0.717, 1.165) is 21.0 Å². The van der Waals surface area contributed by atoms with Crippen LogP contribution in [-0.2, 0) is 4.79 Å². The highest BCUT2D eigenvalue weighted by Crippen LogP contribution is 2.25. The van der Waals surface area contributed by atoms with Crippen molar-refractivity contribution >= 4 is 39.2 Å². The summed E-state index contributed by atoms with van der Waals surface area (Å²) in [4.78, 5) is 29.9. The molecule has 7 heteroatoms. The molecule has 0 aliphatic rings. The van der Waals surface area contributed by atoms with E-state index in [4.69, 9.17) is 0 Å². The molecular weight excluding hydrogens is 282 g/mol. The van der Waals surface area contributed by atoms with Gasteiger partial charge in [-0.15, -0.1) is 11.3 Å². The molecule has 0 spiro atoms. The zero-order valence-electron chi connectivity index (χ0n) is 11.0. The second kappa shape index (κ2) is 5.75. The molecular formula is C12H15N3O2S2. The summed E-state index contributed by atoms with van der Waals surface area (Å²) in [5.41, 5.74) is 3.28. The number of fused-ring (bicyclic) bond motifs is 1. The maximum absolute atomic E-state index is 12.3. The molecule has 0 atom stereocenters. The Hall–Kier alpha value is -1.34. The molecule has 19 heavy (non-hydrogen) atoms. The summed E-state index contributed by atoms with van der Waals surface area (Å²) in [6.45, 7) is 3.86. The summed E-state index contributed by atoms with van der Waals surface area (Å²) in [6.07, 6.45) is 3.69. The number of hydrogen-bond donors (Lipinski definition) is 1. The van der Waals surface area contributed by atoms with Crippen LogP contribution in [-0.4, -0.2) is 27.6 Å². The Morgan fingerprint density at radius 1 is 1.53 bits per heavy atom. The van der Waals surface area contributed by atoms with Gasteiger partial charge >= 0.3 is 0 Å². The quantitative estimate of drug-likeness (QED) is 0.936. The first kappa shape index (κ1) is 14.1. The van der Waals surface area contributed by atoms with Crippen LogP contribution in [0, 0.1) is 13.8 Å². The van der Waals surface area contributed by atoms with Crippen molar-refractivity contribution in [2.45, 2.75) is 20.3 Å². The fourth-order valence-corrected chi connectivity index (χ4v) is 3.08. The van der Waals surface area contributed by atoms with E-state index in [-0.39, 0.29) is 11.5 Å². The SMILES string of the molecule is CSCCC(=O)Nn1cnc2sc(C)c(C)c2c1=O. The molecule has 2 rings (SSSR count). The maximum Gasteiger partial charge on any atom is 0.281 e. The highest BCUT2D eigenvalue weighted by Gasteiger charge is 2.13. The van der Waals surface area contributed by atoms with Gasteiger partial charge in [-0.2, -0.15) is 11.8 Å². The lowest BCUT2D eigenvalue weighted by Gasteiger charge is -2.07. The van der Waals surface area contributed by atoms with Crippen LogP contribution in [0.3, 0.4) is 0 Å². The van der Waals surface area contributed by atoms with E-state index in [9.17, 15) is 9.59 Å². The summed E-state index contributed by atoms with van der Waals surface area (Å²) < 4.78 is 1.17. The van der Waals surface area contributed by atoms with Gasteiger partial charge in [-0.1, -0.05) is 0 Å². The molecule has 0 aliphatic carbocycles. The lowest BCUT2D eigenvalue weighted by atomic mass is 10.2. The van der Waals surface area contributed by atoms with Crippen molar-refractivity contribution < 1.29 is 4.79 Å².